The molecular formula is C13H16N2O3. The number of fused-ring (bicyclic) bond motifs is 1. The number of unbranched alkanes of at least 4 members (excludes halogenated alkanes) is 1. The summed E-state index contributed by atoms with van der Waals surface area (Å²) in [5.41, 5.74) is 5.78. The van der Waals surface area contributed by atoms with Crippen molar-refractivity contribution < 1.29 is 14.4 Å². The molecule has 0 saturated carbocycles. The molecule has 1 aliphatic heterocycles. The van der Waals surface area contributed by atoms with Crippen LogP contribution in [0.3, 0.4) is 0 Å². The number of hydrogen-bond acceptors (Lipinski definition) is 3. The number of imide groups is 1. The van der Waals surface area contributed by atoms with Crippen LogP contribution in [0.1, 0.15) is 46.9 Å². The fourth-order valence-electron chi connectivity index (χ4n) is 1.47. The lowest BCUT2D eigenvalue weighted by atomic mass is 10.1. The van der Waals surface area contributed by atoms with Crippen LogP contribution in [-0.4, -0.2) is 17.7 Å². The van der Waals surface area contributed by atoms with E-state index >= 15 is 0 Å². The van der Waals surface area contributed by atoms with Crippen LogP contribution in [-0.2, 0) is 4.79 Å². The molecule has 0 spiro atoms. The molecule has 5 heteroatoms. The maximum Gasteiger partial charge on any atom is 0.258 e. The van der Waals surface area contributed by atoms with E-state index in [9.17, 15) is 14.4 Å². The summed E-state index contributed by atoms with van der Waals surface area (Å²) in [5, 5.41) is 2.20. The predicted molar refractivity (Wildman–Crippen MR) is 67.0 cm³/mol. The summed E-state index contributed by atoms with van der Waals surface area (Å²) >= 11 is 0. The normalized spacial score (nSPS) is 12.3. The second-order valence-electron chi connectivity index (χ2n) is 3.90. The van der Waals surface area contributed by atoms with Gasteiger partial charge in [0.1, 0.15) is 0 Å². The Bertz CT molecular complexity index is 436. The summed E-state index contributed by atoms with van der Waals surface area (Å²) in [5.74, 6) is -0.793. The third kappa shape index (κ3) is 3.69. The van der Waals surface area contributed by atoms with Crippen LogP contribution in [0.2, 0.25) is 0 Å². The minimum absolute atomic E-state index is 0.193. The SMILES string of the molecule is CCCCC(N)=O.O=C1NC(=O)c2ccccc21. The van der Waals surface area contributed by atoms with Crippen molar-refractivity contribution in [1.82, 2.24) is 5.32 Å². The Morgan fingerprint density at radius 3 is 2.00 bits per heavy atom. The quantitative estimate of drug-likeness (QED) is 0.788. The lowest BCUT2D eigenvalue weighted by molar-refractivity contribution is -0.118. The summed E-state index contributed by atoms with van der Waals surface area (Å²) in [6.07, 6.45) is 2.51. The van der Waals surface area contributed by atoms with Crippen molar-refractivity contribution >= 4 is 17.7 Å². The highest BCUT2D eigenvalue weighted by Crippen LogP contribution is 2.13. The van der Waals surface area contributed by atoms with Crippen LogP contribution in [0.5, 0.6) is 0 Å². The molecule has 1 heterocycles. The average Bonchev–Trinajstić information content (AvgIpc) is 2.64. The first-order chi connectivity index (χ1) is 8.56. The zero-order chi connectivity index (χ0) is 13.5. The van der Waals surface area contributed by atoms with Gasteiger partial charge < -0.3 is 5.73 Å². The average molecular weight is 248 g/mol. The van der Waals surface area contributed by atoms with Crippen molar-refractivity contribution in [3.63, 3.8) is 0 Å². The number of benzene rings is 1. The van der Waals surface area contributed by atoms with Crippen molar-refractivity contribution in [3.05, 3.63) is 35.4 Å². The van der Waals surface area contributed by atoms with E-state index in [2.05, 4.69) is 5.32 Å². The Morgan fingerprint density at radius 1 is 1.17 bits per heavy atom. The van der Waals surface area contributed by atoms with Gasteiger partial charge in [0.2, 0.25) is 5.91 Å². The van der Waals surface area contributed by atoms with Crippen LogP contribution in [0.15, 0.2) is 24.3 Å². The summed E-state index contributed by atoms with van der Waals surface area (Å²) in [4.78, 5) is 31.9. The van der Waals surface area contributed by atoms with Crippen LogP contribution in [0, 0.1) is 0 Å². The van der Waals surface area contributed by atoms with Gasteiger partial charge in [0.15, 0.2) is 0 Å². The zero-order valence-electron chi connectivity index (χ0n) is 10.2. The molecule has 1 aromatic carbocycles. The van der Waals surface area contributed by atoms with Gasteiger partial charge in [-0.05, 0) is 18.6 Å². The number of carbonyl (C=O) groups is 3. The lowest BCUT2D eigenvalue weighted by Gasteiger charge is -1.88. The standard InChI is InChI=1S/C8H5NO2.C5H11NO/c10-7-5-3-1-2-4-6(5)8(11)9-7;1-2-3-4-5(6)7/h1-4H,(H,9,10,11);2-4H2,1H3,(H2,6,7). The first-order valence-corrected chi connectivity index (χ1v) is 5.79. The van der Waals surface area contributed by atoms with Gasteiger partial charge in [-0.2, -0.15) is 0 Å². The third-order valence-corrected chi connectivity index (χ3v) is 2.42. The number of carbonyl (C=O) groups excluding carboxylic acids is 3. The van der Waals surface area contributed by atoms with Crippen molar-refractivity contribution in [2.24, 2.45) is 5.73 Å². The van der Waals surface area contributed by atoms with E-state index in [-0.39, 0.29) is 17.7 Å². The number of nitrogens with one attached hydrogen (secondary N) is 1. The van der Waals surface area contributed by atoms with Gasteiger partial charge in [-0.1, -0.05) is 25.5 Å². The largest absolute Gasteiger partial charge is 0.370 e. The van der Waals surface area contributed by atoms with Crippen LogP contribution < -0.4 is 11.1 Å². The Hall–Kier alpha value is -2.17. The van der Waals surface area contributed by atoms with E-state index in [0.29, 0.717) is 17.5 Å². The van der Waals surface area contributed by atoms with Crippen LogP contribution in [0.4, 0.5) is 0 Å². The highest BCUT2D eigenvalue weighted by molar-refractivity contribution is 6.21. The first kappa shape index (κ1) is 13.9. The molecule has 18 heavy (non-hydrogen) atoms. The van der Waals surface area contributed by atoms with Gasteiger partial charge in [-0.3, -0.25) is 19.7 Å². The fourth-order valence-corrected chi connectivity index (χ4v) is 1.47. The lowest BCUT2D eigenvalue weighted by Crippen LogP contribution is -2.19. The van der Waals surface area contributed by atoms with E-state index in [0.717, 1.165) is 12.8 Å². The molecule has 0 atom stereocenters. The summed E-state index contributed by atoms with van der Waals surface area (Å²) in [6, 6.07) is 6.74. The van der Waals surface area contributed by atoms with Gasteiger partial charge in [0, 0.05) is 6.42 Å². The minimum atomic E-state index is -0.300. The third-order valence-electron chi connectivity index (χ3n) is 2.42. The Kier molecular flexibility index (Phi) is 5.05. The molecule has 2 rings (SSSR count). The summed E-state index contributed by atoms with van der Waals surface area (Å²) < 4.78 is 0. The summed E-state index contributed by atoms with van der Waals surface area (Å²) in [7, 11) is 0. The minimum Gasteiger partial charge on any atom is -0.370 e. The van der Waals surface area contributed by atoms with Crippen molar-refractivity contribution in [2.45, 2.75) is 26.2 Å². The van der Waals surface area contributed by atoms with Gasteiger partial charge in [-0.25, -0.2) is 0 Å². The van der Waals surface area contributed by atoms with E-state index < -0.39 is 0 Å². The highest BCUT2D eigenvalue weighted by atomic mass is 16.2. The topological polar surface area (TPSA) is 89.3 Å². The second kappa shape index (κ2) is 6.54. The molecule has 96 valence electrons. The number of hydrogen-bond donors (Lipinski definition) is 2. The maximum absolute atomic E-state index is 10.9. The number of amides is 3. The maximum atomic E-state index is 10.9. The van der Waals surface area contributed by atoms with Gasteiger partial charge in [0.05, 0.1) is 11.1 Å². The molecule has 0 aliphatic carbocycles. The second-order valence-corrected chi connectivity index (χ2v) is 3.90. The Labute approximate surface area is 105 Å². The van der Waals surface area contributed by atoms with Gasteiger partial charge in [0.25, 0.3) is 11.8 Å². The zero-order valence-corrected chi connectivity index (χ0v) is 10.2. The van der Waals surface area contributed by atoms with Gasteiger partial charge in [-0.15, -0.1) is 0 Å². The molecule has 3 N–H and O–H groups in total. The summed E-state index contributed by atoms with van der Waals surface area (Å²) in [6.45, 7) is 2.03. The van der Waals surface area contributed by atoms with E-state index in [1.165, 1.54) is 0 Å². The van der Waals surface area contributed by atoms with Crippen molar-refractivity contribution in [1.29, 1.82) is 0 Å². The Balaban J connectivity index is 0.000000203. The molecule has 1 aliphatic rings. The number of primary amides is 1. The van der Waals surface area contributed by atoms with Crippen LogP contribution >= 0.6 is 0 Å². The molecule has 0 radical (unpaired) electrons. The molecule has 0 fully saturated rings. The number of nitrogens with two attached hydrogens (primary N) is 1. The monoisotopic (exact) mass is 248 g/mol. The molecule has 1 aromatic rings. The predicted octanol–water partition coefficient (Wildman–Crippen LogP) is 1.23. The highest BCUT2D eigenvalue weighted by Gasteiger charge is 2.25. The van der Waals surface area contributed by atoms with Gasteiger partial charge >= 0.3 is 0 Å². The first-order valence-electron chi connectivity index (χ1n) is 5.79. The fraction of sp³-hybridized carbons (Fsp3) is 0.308. The Morgan fingerprint density at radius 2 is 1.67 bits per heavy atom. The number of rotatable bonds is 3. The molecular weight excluding hydrogens is 232 g/mol. The molecule has 0 bridgehead atoms. The van der Waals surface area contributed by atoms with Crippen molar-refractivity contribution in [2.75, 3.05) is 0 Å². The molecule has 5 nitrogen and oxygen atoms in total. The van der Waals surface area contributed by atoms with E-state index in [1.54, 1.807) is 24.3 Å². The molecule has 0 unspecified atom stereocenters. The molecule has 0 aromatic heterocycles. The smallest absolute Gasteiger partial charge is 0.258 e. The molecule has 3 amide bonds. The molecule has 0 saturated heterocycles. The van der Waals surface area contributed by atoms with E-state index in [4.69, 9.17) is 5.73 Å². The van der Waals surface area contributed by atoms with Crippen LogP contribution in [0.25, 0.3) is 0 Å². The van der Waals surface area contributed by atoms with Crippen molar-refractivity contribution in [3.8, 4) is 0 Å². The van der Waals surface area contributed by atoms with E-state index in [1.807, 2.05) is 6.92 Å².